The van der Waals surface area contributed by atoms with Crippen molar-refractivity contribution in [1.82, 2.24) is 0 Å². The molecule has 7 nitrogen and oxygen atoms in total. The number of amides is 1. The minimum atomic E-state index is -4.14. The van der Waals surface area contributed by atoms with Gasteiger partial charge < -0.3 is 10.1 Å². The van der Waals surface area contributed by atoms with E-state index in [0.29, 0.717) is 21.9 Å². The summed E-state index contributed by atoms with van der Waals surface area (Å²) in [7, 11) is -4.14. The molecule has 30 heavy (non-hydrogen) atoms. The van der Waals surface area contributed by atoms with Crippen molar-refractivity contribution in [3.8, 4) is 17.6 Å². The quantitative estimate of drug-likeness (QED) is 0.601. The molecule has 3 aromatic rings. The molecule has 3 aromatic carbocycles. The van der Waals surface area contributed by atoms with Gasteiger partial charge in [-0.2, -0.15) is 5.26 Å². The number of halogens is 1. The van der Waals surface area contributed by atoms with Crippen LogP contribution in [0.1, 0.15) is 11.1 Å². The number of hydrogen-bond acceptors (Lipinski definition) is 5. The fraction of sp³-hybridized carbons (Fsp3) is 0.0476. The van der Waals surface area contributed by atoms with Crippen LogP contribution in [0.15, 0.2) is 71.6 Å². The molecule has 0 saturated carbocycles. The van der Waals surface area contributed by atoms with Gasteiger partial charge >= 0.3 is 0 Å². The van der Waals surface area contributed by atoms with Crippen molar-refractivity contribution in [2.24, 2.45) is 5.14 Å². The average molecular weight is 442 g/mol. The number of carbonyl (C=O) groups is 1. The lowest BCUT2D eigenvalue weighted by atomic mass is 10.1. The Morgan fingerprint density at radius 3 is 2.57 bits per heavy atom. The van der Waals surface area contributed by atoms with Gasteiger partial charge in [-0.25, -0.2) is 13.6 Å². The maximum absolute atomic E-state index is 12.3. The Kier molecular flexibility index (Phi) is 6.37. The number of benzene rings is 3. The monoisotopic (exact) mass is 441 g/mol. The number of sulfonamides is 1. The second-order valence-electron chi connectivity index (χ2n) is 6.30. The van der Waals surface area contributed by atoms with E-state index in [2.05, 4.69) is 5.32 Å². The van der Waals surface area contributed by atoms with Gasteiger partial charge in [0.2, 0.25) is 15.9 Å². The summed E-state index contributed by atoms with van der Waals surface area (Å²) in [5.41, 5.74) is 1.33. The molecule has 9 heteroatoms. The Hall–Kier alpha value is -3.38. The molecule has 0 fully saturated rings. The third-order valence-corrected chi connectivity index (χ3v) is 5.15. The SMILES string of the molecule is N#Cc1cccc(CC(=O)Nc2ccc(Oc3cccc(Cl)c3)c(S(N)(=O)=O)c2)c1. The molecule has 0 radical (unpaired) electrons. The lowest BCUT2D eigenvalue weighted by Gasteiger charge is -2.13. The first-order valence-electron chi connectivity index (χ1n) is 8.64. The normalized spacial score (nSPS) is 10.8. The van der Waals surface area contributed by atoms with Gasteiger partial charge in [0.15, 0.2) is 0 Å². The van der Waals surface area contributed by atoms with Crippen molar-refractivity contribution >= 4 is 33.2 Å². The van der Waals surface area contributed by atoms with Crippen LogP contribution in [0.2, 0.25) is 5.02 Å². The number of nitriles is 1. The number of nitrogens with two attached hydrogens (primary N) is 1. The van der Waals surface area contributed by atoms with Crippen LogP contribution in [0.4, 0.5) is 5.69 Å². The molecule has 3 rings (SSSR count). The molecule has 1 amide bonds. The number of nitrogens with zero attached hydrogens (tertiary/aromatic N) is 1. The molecule has 3 N–H and O–H groups in total. The van der Waals surface area contributed by atoms with Gasteiger partial charge in [-0.05, 0) is 54.1 Å². The second kappa shape index (κ2) is 8.97. The van der Waals surface area contributed by atoms with E-state index in [9.17, 15) is 13.2 Å². The van der Waals surface area contributed by atoms with Crippen LogP contribution in [-0.4, -0.2) is 14.3 Å². The zero-order valence-corrected chi connectivity index (χ0v) is 17.1. The molecule has 0 saturated heterocycles. The largest absolute Gasteiger partial charge is 0.456 e. The van der Waals surface area contributed by atoms with Crippen LogP contribution < -0.4 is 15.2 Å². The van der Waals surface area contributed by atoms with Crippen LogP contribution in [-0.2, 0) is 21.2 Å². The fourth-order valence-corrected chi connectivity index (χ4v) is 3.55. The van der Waals surface area contributed by atoms with Crippen LogP contribution >= 0.6 is 11.6 Å². The van der Waals surface area contributed by atoms with E-state index < -0.39 is 10.0 Å². The molecule has 0 spiro atoms. The van der Waals surface area contributed by atoms with E-state index >= 15 is 0 Å². The van der Waals surface area contributed by atoms with Gasteiger partial charge in [-0.15, -0.1) is 0 Å². The van der Waals surface area contributed by atoms with Crippen molar-refractivity contribution in [1.29, 1.82) is 5.26 Å². The van der Waals surface area contributed by atoms with E-state index in [1.165, 1.54) is 24.3 Å². The number of carbonyl (C=O) groups excluding carboxylic acids is 1. The van der Waals surface area contributed by atoms with Crippen molar-refractivity contribution in [3.63, 3.8) is 0 Å². The molecule has 152 valence electrons. The van der Waals surface area contributed by atoms with Gasteiger partial charge in [0.05, 0.1) is 18.1 Å². The smallest absolute Gasteiger partial charge is 0.241 e. The maximum atomic E-state index is 12.3. The Labute approximate surface area is 178 Å². The third kappa shape index (κ3) is 5.58. The van der Waals surface area contributed by atoms with Gasteiger partial charge in [-0.1, -0.05) is 29.8 Å². The first kappa shape index (κ1) is 21.3. The van der Waals surface area contributed by atoms with Crippen molar-refractivity contribution in [3.05, 3.63) is 82.9 Å². The molecule has 0 aromatic heterocycles. The van der Waals surface area contributed by atoms with Crippen molar-refractivity contribution < 1.29 is 17.9 Å². The number of primary sulfonamides is 1. The predicted octanol–water partition coefficient (Wildman–Crippen LogP) is 3.83. The molecule has 0 aliphatic carbocycles. The average Bonchev–Trinajstić information content (AvgIpc) is 2.68. The van der Waals surface area contributed by atoms with Gasteiger partial charge in [-0.3, -0.25) is 4.79 Å². The highest BCUT2D eigenvalue weighted by Crippen LogP contribution is 2.31. The molecular weight excluding hydrogens is 426 g/mol. The van der Waals surface area contributed by atoms with E-state index in [1.807, 2.05) is 6.07 Å². The molecule has 0 unspecified atom stereocenters. The minimum Gasteiger partial charge on any atom is -0.456 e. The summed E-state index contributed by atoms with van der Waals surface area (Å²) in [4.78, 5) is 12.0. The first-order chi connectivity index (χ1) is 14.2. The van der Waals surface area contributed by atoms with Gasteiger partial charge in [0.1, 0.15) is 16.4 Å². The van der Waals surface area contributed by atoms with E-state index in [-0.39, 0.29) is 28.7 Å². The Bertz CT molecular complexity index is 1250. The summed E-state index contributed by atoms with van der Waals surface area (Å²) in [5.74, 6) is -0.0463. The summed E-state index contributed by atoms with van der Waals surface area (Å²) < 4.78 is 29.7. The van der Waals surface area contributed by atoms with E-state index in [1.54, 1.807) is 42.5 Å². The van der Waals surface area contributed by atoms with Gasteiger partial charge in [0, 0.05) is 10.7 Å². The molecule has 0 atom stereocenters. The number of nitrogens with one attached hydrogen (secondary N) is 1. The van der Waals surface area contributed by atoms with Crippen LogP contribution in [0, 0.1) is 11.3 Å². The molecule has 0 aliphatic heterocycles. The summed E-state index contributed by atoms with van der Waals surface area (Å²) in [5, 5.41) is 17.3. The highest BCUT2D eigenvalue weighted by atomic mass is 35.5. The molecule has 0 aliphatic rings. The number of ether oxygens (including phenoxy) is 1. The minimum absolute atomic E-state index is 0.000475. The van der Waals surface area contributed by atoms with E-state index in [4.69, 9.17) is 26.7 Å². The van der Waals surface area contributed by atoms with Crippen LogP contribution in [0.5, 0.6) is 11.5 Å². The number of hydrogen-bond donors (Lipinski definition) is 2. The zero-order chi connectivity index (χ0) is 21.7. The highest BCUT2D eigenvalue weighted by Gasteiger charge is 2.18. The second-order valence-corrected chi connectivity index (χ2v) is 8.27. The summed E-state index contributed by atoms with van der Waals surface area (Å²) in [6.45, 7) is 0. The van der Waals surface area contributed by atoms with E-state index in [0.717, 1.165) is 0 Å². The summed E-state index contributed by atoms with van der Waals surface area (Å²) in [6.07, 6.45) is 0.0149. The number of anilines is 1. The predicted molar refractivity (Wildman–Crippen MR) is 113 cm³/mol. The zero-order valence-electron chi connectivity index (χ0n) is 15.5. The molecule has 0 bridgehead atoms. The lowest BCUT2D eigenvalue weighted by Crippen LogP contribution is -2.17. The maximum Gasteiger partial charge on any atom is 0.241 e. The third-order valence-electron chi connectivity index (χ3n) is 3.98. The summed E-state index contributed by atoms with van der Waals surface area (Å²) in [6, 6.07) is 19.2. The van der Waals surface area contributed by atoms with Crippen LogP contribution in [0.25, 0.3) is 0 Å². The lowest BCUT2D eigenvalue weighted by molar-refractivity contribution is -0.115. The Morgan fingerprint density at radius 2 is 1.87 bits per heavy atom. The van der Waals surface area contributed by atoms with Crippen LogP contribution in [0.3, 0.4) is 0 Å². The molecule has 0 heterocycles. The van der Waals surface area contributed by atoms with Crippen molar-refractivity contribution in [2.75, 3.05) is 5.32 Å². The molecular formula is C21H16ClN3O4S. The first-order valence-corrected chi connectivity index (χ1v) is 10.6. The number of rotatable bonds is 6. The Morgan fingerprint density at radius 1 is 1.10 bits per heavy atom. The fourth-order valence-electron chi connectivity index (χ4n) is 2.69. The van der Waals surface area contributed by atoms with Gasteiger partial charge in [0.25, 0.3) is 0 Å². The topological polar surface area (TPSA) is 122 Å². The van der Waals surface area contributed by atoms with Crippen molar-refractivity contribution in [2.45, 2.75) is 11.3 Å². The standard InChI is InChI=1S/C21H16ClN3O4S/c22-16-5-2-6-18(11-16)29-19-8-7-17(12-20(19)30(24,27)28)25-21(26)10-14-3-1-4-15(9-14)13-23/h1-9,11-12H,10H2,(H,25,26)(H2,24,27,28). The summed E-state index contributed by atoms with van der Waals surface area (Å²) >= 11 is 5.92. The highest BCUT2D eigenvalue weighted by molar-refractivity contribution is 7.89. The Balaban J connectivity index is 1.82.